The summed E-state index contributed by atoms with van der Waals surface area (Å²) in [7, 11) is 0.281. The van der Waals surface area contributed by atoms with E-state index in [2.05, 4.69) is 41.4 Å². The van der Waals surface area contributed by atoms with Crippen molar-refractivity contribution in [2.45, 2.75) is 63.3 Å². The fourth-order valence-electron chi connectivity index (χ4n) is 4.07. The fraction of sp³-hybridized carbons (Fsp3) is 0.667. The predicted molar refractivity (Wildman–Crippen MR) is 117 cm³/mol. The van der Waals surface area contributed by atoms with Crippen molar-refractivity contribution in [2.24, 2.45) is 5.92 Å². The Morgan fingerprint density at radius 3 is 2.76 bits per heavy atom. The Labute approximate surface area is 178 Å². The second-order valence-corrected chi connectivity index (χ2v) is 11.0. The van der Waals surface area contributed by atoms with E-state index in [-0.39, 0.29) is 22.9 Å². The predicted octanol–water partition coefficient (Wildman–Crippen LogP) is 4.14. The average Bonchev–Trinajstić information content (AvgIpc) is 3.36. The topological polar surface area (TPSA) is 64.4 Å². The van der Waals surface area contributed by atoms with Gasteiger partial charge in [-0.2, -0.15) is 0 Å². The zero-order chi connectivity index (χ0) is 20.9. The minimum Gasteiger partial charge on any atom is -0.383 e. The van der Waals surface area contributed by atoms with E-state index in [1.54, 1.807) is 24.6 Å². The number of thiophene rings is 1. The standard InChI is InChI=1S/C21H33N3O3S2/c1-17(20-10-7-13-28-20)23(2)15-19-14-22-21(24(19)11-12-27-3)29(25,26)16-18-8-5-4-6-9-18/h7,10,13-14,17-18H,4-6,8-9,11-12,15-16H2,1-3H3/t17-/m1/s1. The Kier molecular flexibility index (Phi) is 7.90. The van der Waals surface area contributed by atoms with Gasteiger partial charge in [-0.25, -0.2) is 13.4 Å². The molecule has 29 heavy (non-hydrogen) atoms. The van der Waals surface area contributed by atoms with Crippen LogP contribution in [0.3, 0.4) is 0 Å². The highest BCUT2D eigenvalue weighted by molar-refractivity contribution is 7.91. The first-order valence-corrected chi connectivity index (χ1v) is 13.0. The second-order valence-electron chi connectivity index (χ2n) is 8.07. The van der Waals surface area contributed by atoms with Gasteiger partial charge in [-0.3, -0.25) is 4.90 Å². The van der Waals surface area contributed by atoms with Crippen LogP contribution in [-0.2, 0) is 27.7 Å². The molecule has 1 saturated carbocycles. The van der Waals surface area contributed by atoms with Crippen LogP contribution in [0.25, 0.3) is 0 Å². The number of ether oxygens (including phenoxy) is 1. The molecule has 1 atom stereocenters. The van der Waals surface area contributed by atoms with E-state index in [1.165, 1.54) is 11.3 Å². The van der Waals surface area contributed by atoms with Crippen LogP contribution in [0.4, 0.5) is 0 Å². The lowest BCUT2D eigenvalue weighted by atomic mass is 9.91. The number of methoxy groups -OCH3 is 1. The van der Waals surface area contributed by atoms with E-state index < -0.39 is 9.84 Å². The summed E-state index contributed by atoms with van der Waals surface area (Å²) in [6.45, 7) is 3.75. The highest BCUT2D eigenvalue weighted by Crippen LogP contribution is 2.28. The van der Waals surface area contributed by atoms with Crippen LogP contribution in [-0.4, -0.2) is 49.4 Å². The smallest absolute Gasteiger partial charge is 0.227 e. The summed E-state index contributed by atoms with van der Waals surface area (Å²) in [5.41, 5.74) is 0.912. The number of nitrogens with zero attached hydrogens (tertiary/aromatic N) is 3. The van der Waals surface area contributed by atoms with Crippen LogP contribution in [0.2, 0.25) is 0 Å². The van der Waals surface area contributed by atoms with Crippen molar-refractivity contribution < 1.29 is 13.2 Å². The van der Waals surface area contributed by atoms with Crippen molar-refractivity contribution in [1.29, 1.82) is 0 Å². The van der Waals surface area contributed by atoms with E-state index in [4.69, 9.17) is 4.74 Å². The molecule has 0 aliphatic heterocycles. The van der Waals surface area contributed by atoms with Gasteiger partial charge < -0.3 is 9.30 Å². The van der Waals surface area contributed by atoms with Crippen molar-refractivity contribution in [2.75, 3.05) is 26.5 Å². The largest absolute Gasteiger partial charge is 0.383 e. The highest BCUT2D eigenvalue weighted by Gasteiger charge is 2.28. The minimum atomic E-state index is -3.42. The van der Waals surface area contributed by atoms with Gasteiger partial charge in [0.05, 0.1) is 24.3 Å². The van der Waals surface area contributed by atoms with Crippen LogP contribution in [0, 0.1) is 5.92 Å². The Morgan fingerprint density at radius 1 is 1.34 bits per heavy atom. The number of aromatic nitrogens is 2. The lowest BCUT2D eigenvalue weighted by Crippen LogP contribution is -2.26. The molecule has 6 nitrogen and oxygen atoms in total. The van der Waals surface area contributed by atoms with Crippen LogP contribution in [0.1, 0.15) is 55.6 Å². The Balaban J connectivity index is 1.80. The maximum Gasteiger partial charge on any atom is 0.227 e. The lowest BCUT2D eigenvalue weighted by Gasteiger charge is -2.25. The number of imidazole rings is 1. The van der Waals surface area contributed by atoms with Crippen molar-refractivity contribution in [3.05, 3.63) is 34.3 Å². The maximum atomic E-state index is 13.2. The zero-order valence-corrected chi connectivity index (χ0v) is 19.3. The Hall–Kier alpha value is -1.22. The average molecular weight is 440 g/mol. The Bertz CT molecular complexity index is 856. The molecule has 0 spiro atoms. The summed E-state index contributed by atoms with van der Waals surface area (Å²) in [5.74, 6) is 0.462. The normalized spacial score (nSPS) is 17.1. The van der Waals surface area contributed by atoms with Gasteiger partial charge in [0.1, 0.15) is 0 Å². The third kappa shape index (κ3) is 5.69. The van der Waals surface area contributed by atoms with E-state index in [1.807, 2.05) is 4.57 Å². The first kappa shape index (κ1) is 22.5. The first-order valence-electron chi connectivity index (χ1n) is 10.4. The van der Waals surface area contributed by atoms with Gasteiger partial charge in [0, 0.05) is 31.1 Å². The number of hydrogen-bond acceptors (Lipinski definition) is 6. The molecule has 8 heteroatoms. The molecular weight excluding hydrogens is 406 g/mol. The molecule has 0 unspecified atom stereocenters. The summed E-state index contributed by atoms with van der Waals surface area (Å²) in [6.07, 6.45) is 7.22. The highest BCUT2D eigenvalue weighted by atomic mass is 32.2. The SMILES string of the molecule is COCCn1c(CN(C)[C@H](C)c2cccs2)cnc1S(=O)(=O)CC1CCCCC1. The summed E-state index contributed by atoms with van der Waals surface area (Å²) in [4.78, 5) is 7.89. The van der Waals surface area contributed by atoms with Gasteiger partial charge in [0.2, 0.25) is 15.0 Å². The zero-order valence-electron chi connectivity index (χ0n) is 17.7. The van der Waals surface area contributed by atoms with Crippen LogP contribution < -0.4 is 0 Å². The minimum absolute atomic E-state index is 0.201. The molecule has 0 N–H and O–H groups in total. The van der Waals surface area contributed by atoms with Crippen molar-refractivity contribution in [1.82, 2.24) is 14.5 Å². The van der Waals surface area contributed by atoms with Gasteiger partial charge >= 0.3 is 0 Å². The molecule has 0 amide bonds. The second kappa shape index (κ2) is 10.2. The molecule has 1 aliphatic carbocycles. The van der Waals surface area contributed by atoms with Gasteiger partial charge in [0.25, 0.3) is 0 Å². The molecular formula is C21H33N3O3S2. The van der Waals surface area contributed by atoms with Gasteiger partial charge in [-0.1, -0.05) is 25.3 Å². The summed E-state index contributed by atoms with van der Waals surface area (Å²) in [5, 5.41) is 2.28. The summed E-state index contributed by atoms with van der Waals surface area (Å²) >= 11 is 1.74. The molecule has 0 aromatic carbocycles. The Morgan fingerprint density at radius 2 is 2.10 bits per heavy atom. The molecule has 1 aliphatic rings. The van der Waals surface area contributed by atoms with Gasteiger partial charge in [-0.15, -0.1) is 11.3 Å². The molecule has 0 saturated heterocycles. The van der Waals surface area contributed by atoms with E-state index in [0.29, 0.717) is 19.7 Å². The number of sulfone groups is 1. The summed E-state index contributed by atoms with van der Waals surface area (Å²) in [6, 6.07) is 4.44. The van der Waals surface area contributed by atoms with E-state index in [9.17, 15) is 8.42 Å². The molecule has 2 heterocycles. The fourth-order valence-corrected chi connectivity index (χ4v) is 6.77. The molecule has 2 aromatic rings. The number of rotatable bonds is 10. The first-order chi connectivity index (χ1) is 13.9. The van der Waals surface area contributed by atoms with Crippen molar-refractivity contribution in [3.63, 3.8) is 0 Å². The lowest BCUT2D eigenvalue weighted by molar-refractivity contribution is 0.180. The van der Waals surface area contributed by atoms with Gasteiger partial charge in [0.15, 0.2) is 0 Å². The monoisotopic (exact) mass is 439 g/mol. The van der Waals surface area contributed by atoms with Gasteiger partial charge in [-0.05, 0) is 44.2 Å². The molecule has 3 rings (SSSR count). The van der Waals surface area contributed by atoms with E-state index in [0.717, 1.165) is 31.4 Å². The summed E-state index contributed by atoms with van der Waals surface area (Å²) < 4.78 is 33.4. The van der Waals surface area contributed by atoms with E-state index >= 15 is 0 Å². The van der Waals surface area contributed by atoms with Crippen molar-refractivity contribution >= 4 is 21.2 Å². The molecule has 0 radical (unpaired) electrons. The molecule has 2 aromatic heterocycles. The maximum absolute atomic E-state index is 13.2. The van der Waals surface area contributed by atoms with Crippen LogP contribution in [0.15, 0.2) is 28.9 Å². The van der Waals surface area contributed by atoms with Crippen molar-refractivity contribution in [3.8, 4) is 0 Å². The number of hydrogen-bond donors (Lipinski definition) is 0. The third-order valence-electron chi connectivity index (χ3n) is 5.91. The third-order valence-corrected chi connectivity index (χ3v) is 8.74. The molecule has 0 bridgehead atoms. The quantitative estimate of drug-likeness (QED) is 0.557. The molecule has 162 valence electrons. The van der Waals surface area contributed by atoms with Crippen LogP contribution >= 0.6 is 11.3 Å². The van der Waals surface area contributed by atoms with Crippen LogP contribution in [0.5, 0.6) is 0 Å². The molecule has 1 fully saturated rings.